The van der Waals surface area contributed by atoms with Crippen molar-refractivity contribution in [2.24, 2.45) is 4.99 Å². The molecule has 8 nitrogen and oxygen atoms in total. The maximum absolute atomic E-state index is 4.88. The standard InChI is InChI=1S/C22H30N8S.HI/c1-3-20-26-22(31-27-20)29-12-10-28(11-13-29)21(23-4-2)24-14-19-15-25-30(17-19)16-18-8-6-5-7-9-18;/h5-9,15,17H,3-4,10-14,16H2,1-2H3,(H,23,24);1H. The molecule has 1 aliphatic rings. The molecule has 2 aromatic heterocycles. The molecule has 0 radical (unpaired) electrons. The molecule has 1 fully saturated rings. The highest BCUT2D eigenvalue weighted by Gasteiger charge is 2.22. The topological polar surface area (TPSA) is 74.5 Å². The van der Waals surface area contributed by atoms with Gasteiger partial charge in [0.2, 0.25) is 5.13 Å². The highest BCUT2D eigenvalue weighted by atomic mass is 127. The molecule has 10 heteroatoms. The average Bonchev–Trinajstić information content (AvgIpc) is 3.47. The van der Waals surface area contributed by atoms with Crippen molar-refractivity contribution in [3.63, 3.8) is 0 Å². The lowest BCUT2D eigenvalue weighted by molar-refractivity contribution is 0.372. The SMILES string of the molecule is CCNC(=NCc1cnn(Cc2ccccc2)c1)N1CCN(c2nc(CC)ns2)CC1.I. The fourth-order valence-electron chi connectivity index (χ4n) is 3.56. The summed E-state index contributed by atoms with van der Waals surface area (Å²) in [6.07, 6.45) is 4.88. The Morgan fingerprint density at radius 1 is 1.09 bits per heavy atom. The van der Waals surface area contributed by atoms with Crippen LogP contribution in [0.25, 0.3) is 0 Å². The summed E-state index contributed by atoms with van der Waals surface area (Å²) in [5.74, 6) is 1.90. The van der Waals surface area contributed by atoms with Crippen LogP contribution < -0.4 is 10.2 Å². The van der Waals surface area contributed by atoms with Crippen LogP contribution in [-0.2, 0) is 19.5 Å². The summed E-state index contributed by atoms with van der Waals surface area (Å²) in [6.45, 7) is 10.1. The van der Waals surface area contributed by atoms with E-state index in [1.807, 2.05) is 16.9 Å². The van der Waals surface area contributed by atoms with Crippen molar-refractivity contribution in [2.45, 2.75) is 33.4 Å². The Morgan fingerprint density at radius 3 is 2.56 bits per heavy atom. The molecule has 1 saturated heterocycles. The van der Waals surface area contributed by atoms with Gasteiger partial charge in [-0.25, -0.2) is 9.98 Å². The molecule has 0 saturated carbocycles. The van der Waals surface area contributed by atoms with Crippen molar-refractivity contribution in [1.29, 1.82) is 0 Å². The smallest absolute Gasteiger partial charge is 0.205 e. The summed E-state index contributed by atoms with van der Waals surface area (Å²) >= 11 is 1.50. The second-order valence-electron chi connectivity index (χ2n) is 7.52. The number of hydrogen-bond acceptors (Lipinski definition) is 6. The highest BCUT2D eigenvalue weighted by Crippen LogP contribution is 2.19. The number of halogens is 1. The van der Waals surface area contributed by atoms with Gasteiger partial charge in [-0.1, -0.05) is 37.3 Å². The van der Waals surface area contributed by atoms with Crippen LogP contribution in [0, 0.1) is 0 Å². The number of nitrogens with zero attached hydrogens (tertiary/aromatic N) is 7. The normalized spacial score (nSPS) is 14.4. The zero-order valence-corrected chi connectivity index (χ0v) is 21.8. The molecule has 0 aliphatic carbocycles. The fourth-order valence-corrected chi connectivity index (χ4v) is 4.36. The number of anilines is 1. The molecule has 32 heavy (non-hydrogen) atoms. The first-order chi connectivity index (χ1) is 15.2. The third kappa shape index (κ3) is 6.41. The van der Waals surface area contributed by atoms with Crippen molar-refractivity contribution < 1.29 is 0 Å². The minimum Gasteiger partial charge on any atom is -0.357 e. The highest BCUT2D eigenvalue weighted by molar-refractivity contribution is 14.0. The fraction of sp³-hybridized carbons (Fsp3) is 0.455. The Labute approximate surface area is 210 Å². The van der Waals surface area contributed by atoms with Gasteiger partial charge >= 0.3 is 0 Å². The van der Waals surface area contributed by atoms with E-state index in [0.29, 0.717) is 6.54 Å². The summed E-state index contributed by atoms with van der Waals surface area (Å²) in [6, 6.07) is 10.4. The number of guanidine groups is 1. The Morgan fingerprint density at radius 2 is 1.88 bits per heavy atom. The molecule has 0 bridgehead atoms. The number of hydrogen-bond donors (Lipinski definition) is 1. The van der Waals surface area contributed by atoms with Gasteiger partial charge < -0.3 is 15.1 Å². The van der Waals surface area contributed by atoms with Gasteiger partial charge in [-0.15, -0.1) is 24.0 Å². The monoisotopic (exact) mass is 566 g/mol. The van der Waals surface area contributed by atoms with Crippen molar-refractivity contribution >= 4 is 46.6 Å². The summed E-state index contributed by atoms with van der Waals surface area (Å²) < 4.78 is 6.39. The number of aryl methyl sites for hydroxylation is 1. The minimum absolute atomic E-state index is 0. The molecule has 0 amide bonds. The third-order valence-electron chi connectivity index (χ3n) is 5.24. The third-order valence-corrected chi connectivity index (χ3v) is 6.06. The zero-order valence-electron chi connectivity index (χ0n) is 18.6. The number of aliphatic imine (C=N–C) groups is 1. The Kier molecular flexibility index (Phi) is 9.27. The van der Waals surface area contributed by atoms with Gasteiger partial charge in [0, 0.05) is 62.4 Å². The van der Waals surface area contributed by atoms with Crippen LogP contribution in [0.5, 0.6) is 0 Å². The van der Waals surface area contributed by atoms with E-state index in [9.17, 15) is 0 Å². The van der Waals surface area contributed by atoms with Gasteiger partial charge in [0.05, 0.1) is 19.3 Å². The second kappa shape index (κ2) is 12.1. The van der Waals surface area contributed by atoms with Crippen molar-refractivity contribution in [3.05, 3.63) is 59.7 Å². The molecule has 1 aliphatic heterocycles. The summed E-state index contributed by atoms with van der Waals surface area (Å²) in [7, 11) is 0. The molecule has 172 valence electrons. The molecule has 1 aromatic carbocycles. The van der Waals surface area contributed by atoms with Crippen LogP contribution in [0.3, 0.4) is 0 Å². The summed E-state index contributed by atoms with van der Waals surface area (Å²) in [5.41, 5.74) is 2.36. The van der Waals surface area contributed by atoms with Crippen molar-refractivity contribution in [2.75, 3.05) is 37.6 Å². The van der Waals surface area contributed by atoms with Crippen molar-refractivity contribution in [3.8, 4) is 0 Å². The van der Waals surface area contributed by atoms with Crippen LogP contribution in [0.1, 0.15) is 30.8 Å². The Balaban J connectivity index is 0.00000289. The molecule has 3 aromatic rings. The van der Waals surface area contributed by atoms with Crippen LogP contribution in [0.15, 0.2) is 47.7 Å². The maximum atomic E-state index is 4.88. The molecule has 4 rings (SSSR count). The van der Waals surface area contributed by atoms with E-state index in [1.54, 1.807) is 0 Å². The molecule has 3 heterocycles. The number of rotatable bonds is 7. The zero-order chi connectivity index (χ0) is 21.5. The number of piperazine rings is 1. The Hall–Kier alpha value is -2.21. The van der Waals surface area contributed by atoms with Gasteiger partial charge in [-0.3, -0.25) is 4.68 Å². The van der Waals surface area contributed by atoms with E-state index in [0.717, 1.165) is 68.2 Å². The number of nitrogens with one attached hydrogen (secondary N) is 1. The first-order valence-electron chi connectivity index (χ1n) is 10.9. The van der Waals surface area contributed by atoms with E-state index in [2.05, 4.69) is 73.9 Å². The Bertz CT molecular complexity index is 979. The van der Waals surface area contributed by atoms with Gasteiger partial charge in [0.1, 0.15) is 5.82 Å². The molecular weight excluding hydrogens is 535 g/mol. The van der Waals surface area contributed by atoms with Crippen LogP contribution in [-0.4, -0.2) is 62.7 Å². The lowest BCUT2D eigenvalue weighted by atomic mass is 10.2. The van der Waals surface area contributed by atoms with Crippen LogP contribution >= 0.6 is 35.5 Å². The van der Waals surface area contributed by atoms with E-state index in [-0.39, 0.29) is 24.0 Å². The summed E-state index contributed by atoms with van der Waals surface area (Å²) in [5, 5.41) is 8.97. The van der Waals surface area contributed by atoms with Gasteiger partial charge in [0.25, 0.3) is 0 Å². The number of benzene rings is 1. The molecule has 0 spiro atoms. The van der Waals surface area contributed by atoms with E-state index < -0.39 is 0 Å². The predicted octanol–water partition coefficient (Wildman–Crippen LogP) is 3.25. The van der Waals surface area contributed by atoms with Crippen molar-refractivity contribution in [1.82, 2.24) is 29.4 Å². The minimum atomic E-state index is 0. The first-order valence-corrected chi connectivity index (χ1v) is 11.7. The number of aromatic nitrogens is 4. The molecular formula is C22H31IN8S. The van der Waals surface area contributed by atoms with Crippen LogP contribution in [0.2, 0.25) is 0 Å². The van der Waals surface area contributed by atoms with E-state index in [4.69, 9.17) is 4.99 Å². The van der Waals surface area contributed by atoms with E-state index in [1.165, 1.54) is 17.1 Å². The first kappa shape index (κ1) is 24.4. The second-order valence-corrected chi connectivity index (χ2v) is 8.25. The van der Waals surface area contributed by atoms with Gasteiger partial charge in [-0.2, -0.15) is 9.47 Å². The molecule has 0 unspecified atom stereocenters. The molecule has 1 N–H and O–H groups in total. The van der Waals surface area contributed by atoms with Crippen LogP contribution in [0.4, 0.5) is 5.13 Å². The molecule has 0 atom stereocenters. The average molecular weight is 567 g/mol. The summed E-state index contributed by atoms with van der Waals surface area (Å²) in [4.78, 5) is 14.2. The maximum Gasteiger partial charge on any atom is 0.205 e. The quantitative estimate of drug-likeness (QED) is 0.269. The lowest BCUT2D eigenvalue weighted by Crippen LogP contribution is -2.52. The predicted molar refractivity (Wildman–Crippen MR) is 141 cm³/mol. The van der Waals surface area contributed by atoms with Gasteiger partial charge in [0.15, 0.2) is 5.96 Å². The lowest BCUT2D eigenvalue weighted by Gasteiger charge is -2.36. The largest absolute Gasteiger partial charge is 0.357 e. The van der Waals surface area contributed by atoms with Gasteiger partial charge in [-0.05, 0) is 12.5 Å². The van der Waals surface area contributed by atoms with E-state index >= 15 is 0 Å².